The fourth-order valence-electron chi connectivity index (χ4n) is 1.80. The molecule has 2 amide bonds. The van der Waals surface area contributed by atoms with E-state index in [0.29, 0.717) is 5.75 Å². The number of carboxylic acid groups (broad SMARTS) is 2. The lowest BCUT2D eigenvalue weighted by molar-refractivity contribution is -0.139. The van der Waals surface area contributed by atoms with E-state index in [1.54, 1.807) is 0 Å². The number of amides is 2. The van der Waals surface area contributed by atoms with E-state index in [2.05, 4.69) is 17.6 Å². The third kappa shape index (κ3) is 12.2. The predicted octanol–water partition coefficient (Wildman–Crippen LogP) is -0.212. The van der Waals surface area contributed by atoms with Crippen molar-refractivity contribution in [1.29, 1.82) is 0 Å². The van der Waals surface area contributed by atoms with Gasteiger partial charge >= 0.3 is 11.9 Å². The summed E-state index contributed by atoms with van der Waals surface area (Å²) in [6, 6.07) is -2.02. The molecule has 144 valence electrons. The summed E-state index contributed by atoms with van der Waals surface area (Å²) in [6.07, 6.45) is 2.96. The molecule has 0 aliphatic rings. The van der Waals surface area contributed by atoms with Crippen molar-refractivity contribution in [1.82, 2.24) is 10.6 Å². The second kappa shape index (κ2) is 13.5. The summed E-state index contributed by atoms with van der Waals surface area (Å²) in [5.74, 6) is -2.32. The number of rotatable bonds is 14. The minimum atomic E-state index is -1.20. The molecule has 0 fully saturated rings. The van der Waals surface area contributed by atoms with Gasteiger partial charge in [-0.1, -0.05) is 19.8 Å². The van der Waals surface area contributed by atoms with Gasteiger partial charge in [0.05, 0.1) is 0 Å². The van der Waals surface area contributed by atoms with Crippen molar-refractivity contribution in [3.63, 3.8) is 0 Å². The van der Waals surface area contributed by atoms with Crippen LogP contribution in [0.15, 0.2) is 0 Å². The van der Waals surface area contributed by atoms with Crippen LogP contribution in [0.25, 0.3) is 0 Å². The molecule has 0 unspecified atom stereocenters. The number of carbonyl (C=O) groups excluding carboxylic acids is 2. The zero-order chi connectivity index (χ0) is 19.2. The monoisotopic (exact) mass is 377 g/mol. The predicted molar refractivity (Wildman–Crippen MR) is 94.3 cm³/mol. The Kier molecular flexibility index (Phi) is 12.5. The molecular weight excluding hydrogens is 350 g/mol. The van der Waals surface area contributed by atoms with E-state index in [-0.39, 0.29) is 12.8 Å². The molecule has 0 saturated heterocycles. The molecule has 0 heterocycles. The SMILES string of the molecule is CCCCCSC[C@H](NC(=O)CC[C@H](N)C(=O)O)C(=O)NCC(=O)O. The first-order valence-electron chi connectivity index (χ1n) is 8.12. The standard InChI is InChI=1S/C15H27N3O6S/c1-2-3-4-7-25-9-11(14(22)17-8-13(20)21)18-12(19)6-5-10(16)15(23)24/h10-11H,2-9,16H2,1H3,(H,17,22)(H,18,19)(H,20,21)(H,23,24)/t10-,11-/m0/s1. The lowest BCUT2D eigenvalue weighted by Crippen LogP contribution is -2.49. The van der Waals surface area contributed by atoms with E-state index in [9.17, 15) is 19.2 Å². The van der Waals surface area contributed by atoms with Gasteiger partial charge in [0.2, 0.25) is 11.8 Å². The van der Waals surface area contributed by atoms with Crippen molar-refractivity contribution in [2.24, 2.45) is 5.73 Å². The molecule has 0 aromatic rings. The summed E-state index contributed by atoms with van der Waals surface area (Å²) >= 11 is 1.49. The highest BCUT2D eigenvalue weighted by molar-refractivity contribution is 7.99. The molecular formula is C15H27N3O6S. The molecule has 25 heavy (non-hydrogen) atoms. The van der Waals surface area contributed by atoms with Crippen molar-refractivity contribution in [2.45, 2.75) is 51.1 Å². The Morgan fingerprint density at radius 2 is 1.84 bits per heavy atom. The molecule has 0 radical (unpaired) electrons. The lowest BCUT2D eigenvalue weighted by Gasteiger charge is -2.18. The Morgan fingerprint density at radius 1 is 1.16 bits per heavy atom. The molecule has 6 N–H and O–H groups in total. The van der Waals surface area contributed by atoms with Gasteiger partial charge in [-0.15, -0.1) is 0 Å². The molecule has 2 atom stereocenters. The quantitative estimate of drug-likeness (QED) is 0.260. The van der Waals surface area contributed by atoms with Gasteiger partial charge in [-0.3, -0.25) is 19.2 Å². The van der Waals surface area contributed by atoms with Crippen molar-refractivity contribution < 1.29 is 29.4 Å². The molecule has 9 nitrogen and oxygen atoms in total. The molecule has 0 aliphatic carbocycles. The Labute approximate surface area is 151 Å². The van der Waals surface area contributed by atoms with Crippen LogP contribution in [-0.4, -0.2) is 64.1 Å². The van der Waals surface area contributed by atoms with Crippen LogP contribution in [-0.2, 0) is 19.2 Å². The van der Waals surface area contributed by atoms with Crippen LogP contribution in [0.5, 0.6) is 0 Å². The Hall–Kier alpha value is -1.81. The topological polar surface area (TPSA) is 159 Å². The van der Waals surface area contributed by atoms with Crippen LogP contribution < -0.4 is 16.4 Å². The van der Waals surface area contributed by atoms with Gasteiger partial charge in [-0.25, -0.2) is 0 Å². The Balaban J connectivity index is 4.48. The molecule has 0 aromatic heterocycles. The number of hydrogen-bond donors (Lipinski definition) is 5. The highest BCUT2D eigenvalue weighted by Crippen LogP contribution is 2.09. The van der Waals surface area contributed by atoms with Crippen LogP contribution in [0.4, 0.5) is 0 Å². The van der Waals surface area contributed by atoms with Gasteiger partial charge in [0.1, 0.15) is 18.6 Å². The molecule has 0 rings (SSSR count). The highest BCUT2D eigenvalue weighted by Gasteiger charge is 2.22. The number of carbonyl (C=O) groups is 4. The number of carboxylic acids is 2. The largest absolute Gasteiger partial charge is 0.480 e. The summed E-state index contributed by atoms with van der Waals surface area (Å²) in [6.45, 7) is 1.55. The summed E-state index contributed by atoms with van der Waals surface area (Å²) in [7, 11) is 0. The van der Waals surface area contributed by atoms with E-state index in [0.717, 1.165) is 25.0 Å². The number of hydrogen-bond acceptors (Lipinski definition) is 6. The number of unbranched alkanes of at least 4 members (excludes halogenated alkanes) is 2. The van der Waals surface area contributed by atoms with Gasteiger partial charge in [-0.2, -0.15) is 11.8 Å². The van der Waals surface area contributed by atoms with E-state index in [4.69, 9.17) is 15.9 Å². The van der Waals surface area contributed by atoms with Crippen molar-refractivity contribution in [3.05, 3.63) is 0 Å². The van der Waals surface area contributed by atoms with Gasteiger partial charge in [0.15, 0.2) is 0 Å². The zero-order valence-electron chi connectivity index (χ0n) is 14.3. The molecule has 0 aromatic carbocycles. The van der Waals surface area contributed by atoms with Crippen LogP contribution >= 0.6 is 11.8 Å². The normalized spacial score (nSPS) is 12.9. The fraction of sp³-hybridized carbons (Fsp3) is 0.733. The molecule has 10 heteroatoms. The average Bonchev–Trinajstić information content (AvgIpc) is 2.55. The summed E-state index contributed by atoms with van der Waals surface area (Å²) < 4.78 is 0. The molecule has 0 saturated carbocycles. The first-order chi connectivity index (χ1) is 11.8. The second-order valence-electron chi connectivity index (χ2n) is 5.50. The average molecular weight is 377 g/mol. The Bertz CT molecular complexity index is 461. The van der Waals surface area contributed by atoms with E-state index in [1.807, 2.05) is 0 Å². The maximum Gasteiger partial charge on any atom is 0.322 e. The number of aliphatic carboxylic acids is 2. The minimum Gasteiger partial charge on any atom is -0.480 e. The fourth-order valence-corrected chi connectivity index (χ4v) is 2.85. The van der Waals surface area contributed by atoms with Crippen molar-refractivity contribution in [2.75, 3.05) is 18.1 Å². The maximum absolute atomic E-state index is 12.0. The number of thioether (sulfide) groups is 1. The van der Waals surface area contributed by atoms with Crippen molar-refractivity contribution >= 4 is 35.5 Å². The maximum atomic E-state index is 12.0. The first kappa shape index (κ1) is 23.2. The van der Waals surface area contributed by atoms with E-state index >= 15 is 0 Å². The highest BCUT2D eigenvalue weighted by atomic mass is 32.2. The van der Waals surface area contributed by atoms with E-state index < -0.39 is 42.4 Å². The molecule has 0 aliphatic heterocycles. The van der Waals surface area contributed by atoms with Crippen LogP contribution in [0.2, 0.25) is 0 Å². The third-order valence-corrected chi connectivity index (χ3v) is 4.39. The number of nitrogens with one attached hydrogen (secondary N) is 2. The summed E-state index contributed by atoms with van der Waals surface area (Å²) in [4.78, 5) is 45.1. The van der Waals surface area contributed by atoms with Crippen LogP contribution in [0.3, 0.4) is 0 Å². The van der Waals surface area contributed by atoms with Gasteiger partial charge < -0.3 is 26.6 Å². The smallest absolute Gasteiger partial charge is 0.322 e. The lowest BCUT2D eigenvalue weighted by atomic mass is 10.1. The Morgan fingerprint density at radius 3 is 2.40 bits per heavy atom. The molecule has 0 bridgehead atoms. The number of nitrogens with two attached hydrogens (primary N) is 1. The third-order valence-electron chi connectivity index (χ3n) is 3.24. The van der Waals surface area contributed by atoms with Gasteiger partial charge in [0, 0.05) is 12.2 Å². The van der Waals surface area contributed by atoms with Crippen LogP contribution in [0, 0.1) is 0 Å². The van der Waals surface area contributed by atoms with Crippen LogP contribution in [0.1, 0.15) is 39.0 Å². The zero-order valence-corrected chi connectivity index (χ0v) is 15.1. The summed E-state index contributed by atoms with van der Waals surface area (Å²) in [5.41, 5.74) is 5.33. The molecule has 0 spiro atoms. The van der Waals surface area contributed by atoms with Gasteiger partial charge in [0.25, 0.3) is 0 Å². The van der Waals surface area contributed by atoms with E-state index in [1.165, 1.54) is 11.8 Å². The second-order valence-corrected chi connectivity index (χ2v) is 6.65. The first-order valence-corrected chi connectivity index (χ1v) is 9.28. The minimum absolute atomic E-state index is 0.0473. The summed E-state index contributed by atoms with van der Waals surface area (Å²) in [5, 5.41) is 22.1. The van der Waals surface area contributed by atoms with Crippen molar-refractivity contribution in [3.8, 4) is 0 Å². The van der Waals surface area contributed by atoms with Gasteiger partial charge in [-0.05, 0) is 18.6 Å².